The van der Waals surface area contributed by atoms with Crippen LogP contribution in [0.5, 0.6) is 0 Å². The molecule has 0 radical (unpaired) electrons. The Balaban J connectivity index is 2.49. The highest BCUT2D eigenvalue weighted by Gasteiger charge is 2.10. The van der Waals surface area contributed by atoms with Crippen LogP contribution in [0.25, 0.3) is 5.69 Å². The fraction of sp³-hybridized carbons (Fsp3) is 0.200. The second-order valence-corrected chi connectivity index (χ2v) is 5.07. The van der Waals surface area contributed by atoms with Crippen LogP contribution in [-0.4, -0.2) is 15.0 Å². The van der Waals surface area contributed by atoms with Crippen molar-refractivity contribution in [2.24, 2.45) is 0 Å². The van der Waals surface area contributed by atoms with Gasteiger partial charge >= 0.3 is 0 Å². The summed E-state index contributed by atoms with van der Waals surface area (Å²) >= 11 is 8.30. The standard InChI is InChI=1S/C10H9ClIN3/c1-7(11)10-6-13-14-15(10)9-4-2-3-8(12)5-9/h2-7H,1H3. The molecule has 1 atom stereocenters. The van der Waals surface area contributed by atoms with Crippen LogP contribution in [0.15, 0.2) is 30.5 Å². The van der Waals surface area contributed by atoms with Crippen molar-refractivity contribution in [3.8, 4) is 5.69 Å². The molecule has 2 aromatic rings. The van der Waals surface area contributed by atoms with E-state index in [4.69, 9.17) is 11.6 Å². The monoisotopic (exact) mass is 333 g/mol. The molecule has 78 valence electrons. The molecule has 0 bridgehead atoms. The van der Waals surface area contributed by atoms with Gasteiger partial charge in [0.2, 0.25) is 0 Å². The Morgan fingerprint density at radius 3 is 2.93 bits per heavy atom. The Hall–Kier alpha value is -0.620. The summed E-state index contributed by atoms with van der Waals surface area (Å²) in [6.07, 6.45) is 1.69. The van der Waals surface area contributed by atoms with Gasteiger partial charge in [0.15, 0.2) is 0 Å². The zero-order valence-corrected chi connectivity index (χ0v) is 11.0. The van der Waals surface area contributed by atoms with Gasteiger partial charge in [-0.1, -0.05) is 11.3 Å². The third-order valence-electron chi connectivity index (χ3n) is 2.04. The van der Waals surface area contributed by atoms with E-state index < -0.39 is 0 Å². The lowest BCUT2D eigenvalue weighted by Crippen LogP contribution is -2.02. The highest BCUT2D eigenvalue weighted by atomic mass is 127. The van der Waals surface area contributed by atoms with Crippen LogP contribution in [0.2, 0.25) is 0 Å². The number of rotatable bonds is 2. The Labute approximate surface area is 107 Å². The predicted octanol–water partition coefficient (Wildman–Crippen LogP) is 3.17. The first-order valence-electron chi connectivity index (χ1n) is 4.49. The minimum Gasteiger partial charge on any atom is -0.216 e. The zero-order valence-electron chi connectivity index (χ0n) is 8.06. The van der Waals surface area contributed by atoms with Crippen molar-refractivity contribution in [1.29, 1.82) is 0 Å². The van der Waals surface area contributed by atoms with Gasteiger partial charge in [0.05, 0.1) is 23.0 Å². The van der Waals surface area contributed by atoms with Gasteiger partial charge in [-0.2, -0.15) is 0 Å². The maximum atomic E-state index is 6.04. The van der Waals surface area contributed by atoms with Crippen molar-refractivity contribution < 1.29 is 0 Å². The van der Waals surface area contributed by atoms with Gasteiger partial charge in [-0.05, 0) is 47.7 Å². The van der Waals surface area contributed by atoms with Gasteiger partial charge < -0.3 is 0 Å². The van der Waals surface area contributed by atoms with Crippen LogP contribution < -0.4 is 0 Å². The average molecular weight is 334 g/mol. The largest absolute Gasteiger partial charge is 0.216 e. The van der Waals surface area contributed by atoms with E-state index in [1.165, 1.54) is 0 Å². The van der Waals surface area contributed by atoms with E-state index in [1.54, 1.807) is 10.9 Å². The van der Waals surface area contributed by atoms with Gasteiger partial charge in [-0.25, -0.2) is 4.68 Å². The van der Waals surface area contributed by atoms with Gasteiger partial charge in [0.25, 0.3) is 0 Å². The molecule has 0 saturated heterocycles. The van der Waals surface area contributed by atoms with Crippen LogP contribution in [0.1, 0.15) is 18.0 Å². The van der Waals surface area contributed by atoms with Crippen molar-refractivity contribution >= 4 is 34.2 Å². The zero-order chi connectivity index (χ0) is 10.8. The second-order valence-electron chi connectivity index (χ2n) is 3.17. The lowest BCUT2D eigenvalue weighted by atomic mass is 10.3. The summed E-state index contributed by atoms with van der Waals surface area (Å²) in [5.41, 5.74) is 1.89. The molecule has 0 aliphatic carbocycles. The first-order chi connectivity index (χ1) is 7.18. The Morgan fingerprint density at radius 1 is 1.47 bits per heavy atom. The maximum absolute atomic E-state index is 6.04. The molecular formula is C10H9ClIN3. The number of alkyl halides is 1. The van der Waals surface area contributed by atoms with E-state index >= 15 is 0 Å². The molecule has 1 heterocycles. The molecule has 3 nitrogen and oxygen atoms in total. The van der Waals surface area contributed by atoms with E-state index in [-0.39, 0.29) is 5.38 Å². The molecule has 1 unspecified atom stereocenters. The summed E-state index contributed by atoms with van der Waals surface area (Å²) in [5, 5.41) is 7.80. The lowest BCUT2D eigenvalue weighted by Gasteiger charge is -2.07. The summed E-state index contributed by atoms with van der Waals surface area (Å²) in [4.78, 5) is 0. The van der Waals surface area contributed by atoms with Crippen molar-refractivity contribution in [1.82, 2.24) is 15.0 Å². The van der Waals surface area contributed by atoms with Crippen molar-refractivity contribution in [3.63, 3.8) is 0 Å². The Kier molecular flexibility index (Phi) is 3.25. The van der Waals surface area contributed by atoms with Crippen molar-refractivity contribution in [2.75, 3.05) is 0 Å². The van der Waals surface area contributed by atoms with E-state index in [9.17, 15) is 0 Å². The lowest BCUT2D eigenvalue weighted by molar-refractivity contribution is 0.760. The highest BCUT2D eigenvalue weighted by Crippen LogP contribution is 2.21. The van der Waals surface area contributed by atoms with Gasteiger partial charge in [-0.15, -0.1) is 16.7 Å². The minimum atomic E-state index is -0.0992. The Bertz CT molecular complexity index is 467. The molecule has 0 aliphatic heterocycles. The summed E-state index contributed by atoms with van der Waals surface area (Å²) in [6.45, 7) is 1.91. The molecule has 2 rings (SSSR count). The molecular weight excluding hydrogens is 324 g/mol. The average Bonchev–Trinajstić information content (AvgIpc) is 2.65. The van der Waals surface area contributed by atoms with E-state index in [0.717, 1.165) is 15.0 Å². The van der Waals surface area contributed by atoms with Crippen molar-refractivity contribution in [2.45, 2.75) is 12.3 Å². The van der Waals surface area contributed by atoms with E-state index in [2.05, 4.69) is 32.9 Å². The maximum Gasteiger partial charge on any atom is 0.0821 e. The fourth-order valence-electron chi connectivity index (χ4n) is 1.32. The number of halogens is 2. The molecule has 0 fully saturated rings. The highest BCUT2D eigenvalue weighted by molar-refractivity contribution is 14.1. The molecule has 0 aliphatic rings. The van der Waals surface area contributed by atoms with Crippen LogP contribution in [0, 0.1) is 3.57 Å². The van der Waals surface area contributed by atoms with Crippen LogP contribution in [-0.2, 0) is 0 Å². The number of hydrogen-bond acceptors (Lipinski definition) is 2. The summed E-state index contributed by atoms with van der Waals surface area (Å²) in [7, 11) is 0. The van der Waals surface area contributed by atoms with Crippen molar-refractivity contribution in [3.05, 3.63) is 39.7 Å². The Morgan fingerprint density at radius 2 is 2.27 bits per heavy atom. The van der Waals surface area contributed by atoms with E-state index in [0.29, 0.717) is 0 Å². The molecule has 0 spiro atoms. The molecule has 15 heavy (non-hydrogen) atoms. The number of nitrogens with zero attached hydrogens (tertiary/aromatic N) is 3. The third kappa shape index (κ3) is 2.31. The summed E-state index contributed by atoms with van der Waals surface area (Å²) < 4.78 is 2.92. The summed E-state index contributed by atoms with van der Waals surface area (Å²) in [5.74, 6) is 0. The SMILES string of the molecule is CC(Cl)c1cnnn1-c1cccc(I)c1. The minimum absolute atomic E-state index is 0.0992. The molecule has 5 heteroatoms. The third-order valence-corrected chi connectivity index (χ3v) is 2.93. The first-order valence-corrected chi connectivity index (χ1v) is 6.00. The van der Waals surface area contributed by atoms with Gasteiger partial charge in [0.1, 0.15) is 0 Å². The van der Waals surface area contributed by atoms with Gasteiger partial charge in [-0.3, -0.25) is 0 Å². The van der Waals surface area contributed by atoms with E-state index in [1.807, 2.05) is 31.2 Å². The number of aromatic nitrogens is 3. The van der Waals surface area contributed by atoms with Gasteiger partial charge in [0, 0.05) is 3.57 Å². The summed E-state index contributed by atoms with van der Waals surface area (Å²) in [6, 6.07) is 8.05. The second kappa shape index (κ2) is 4.49. The predicted molar refractivity (Wildman–Crippen MR) is 68.3 cm³/mol. The normalized spacial score (nSPS) is 12.7. The molecule has 0 saturated carbocycles. The van der Waals surface area contributed by atoms with Crippen LogP contribution in [0.4, 0.5) is 0 Å². The quantitative estimate of drug-likeness (QED) is 0.624. The molecule has 0 N–H and O–H groups in total. The number of hydrogen-bond donors (Lipinski definition) is 0. The topological polar surface area (TPSA) is 30.7 Å². The van der Waals surface area contributed by atoms with Crippen LogP contribution >= 0.6 is 34.2 Å². The smallest absolute Gasteiger partial charge is 0.0821 e. The fourth-order valence-corrected chi connectivity index (χ4v) is 2.00. The van der Waals surface area contributed by atoms with Crippen LogP contribution in [0.3, 0.4) is 0 Å². The first kappa shape index (κ1) is 10.9. The molecule has 1 aromatic heterocycles. The number of benzene rings is 1. The molecule has 1 aromatic carbocycles. The molecule has 0 amide bonds.